The molecule has 1 N–H and O–H groups in total. The average Bonchev–Trinajstić information content (AvgIpc) is 3.20. The van der Waals surface area contributed by atoms with Crippen LogP contribution in [0.15, 0.2) is 48.7 Å². The molecule has 0 fully saturated rings. The summed E-state index contributed by atoms with van der Waals surface area (Å²) in [7, 11) is 0. The maximum atomic E-state index is 5.58. The minimum Gasteiger partial charge on any atom is -0.454 e. The average molecular weight is 309 g/mol. The van der Waals surface area contributed by atoms with Gasteiger partial charge in [-0.05, 0) is 19.1 Å². The lowest BCUT2D eigenvalue weighted by atomic mass is 10.1. The highest BCUT2D eigenvalue weighted by Gasteiger charge is 2.20. The molecule has 0 amide bonds. The summed E-state index contributed by atoms with van der Waals surface area (Å²) < 4.78 is 13.0. The van der Waals surface area contributed by atoms with Crippen LogP contribution in [0.25, 0.3) is 10.9 Å². The van der Waals surface area contributed by atoms with Crippen LogP contribution in [0, 0.1) is 0 Å². The molecule has 5 nitrogen and oxygen atoms in total. The third kappa shape index (κ3) is 2.75. The normalized spacial score (nSPS) is 14.3. The van der Waals surface area contributed by atoms with Crippen LogP contribution in [0.4, 0.5) is 0 Å². The smallest absolute Gasteiger partial charge is 0.231 e. The number of rotatable bonds is 5. The molecule has 0 bridgehead atoms. The number of nitrogens with zero attached hydrogens (tertiary/aromatic N) is 2. The third-order valence-corrected chi connectivity index (χ3v) is 4.15. The van der Waals surface area contributed by atoms with Crippen LogP contribution in [-0.2, 0) is 6.54 Å². The van der Waals surface area contributed by atoms with Gasteiger partial charge >= 0.3 is 0 Å². The van der Waals surface area contributed by atoms with Crippen molar-refractivity contribution in [3.8, 4) is 11.5 Å². The van der Waals surface area contributed by atoms with Gasteiger partial charge in [-0.3, -0.25) is 4.68 Å². The lowest BCUT2D eigenvalue weighted by Crippen LogP contribution is -2.23. The lowest BCUT2D eigenvalue weighted by molar-refractivity contribution is 0.173. The zero-order valence-electron chi connectivity index (χ0n) is 13.0. The molecule has 0 saturated heterocycles. The van der Waals surface area contributed by atoms with Gasteiger partial charge in [-0.25, -0.2) is 0 Å². The molecule has 23 heavy (non-hydrogen) atoms. The Morgan fingerprint density at radius 2 is 2.09 bits per heavy atom. The lowest BCUT2D eigenvalue weighted by Gasteiger charge is -2.16. The third-order valence-electron chi connectivity index (χ3n) is 4.15. The molecule has 5 heteroatoms. The van der Waals surface area contributed by atoms with E-state index in [2.05, 4.69) is 35.7 Å². The Hall–Kier alpha value is -2.53. The molecule has 1 atom stereocenters. The van der Waals surface area contributed by atoms with Crippen molar-refractivity contribution < 1.29 is 9.47 Å². The van der Waals surface area contributed by atoms with Crippen LogP contribution in [0.2, 0.25) is 0 Å². The van der Waals surface area contributed by atoms with Gasteiger partial charge in [-0.15, -0.1) is 0 Å². The molecule has 0 aliphatic carbocycles. The Morgan fingerprint density at radius 3 is 3.00 bits per heavy atom. The largest absolute Gasteiger partial charge is 0.454 e. The molecule has 0 saturated carbocycles. The van der Waals surface area contributed by atoms with Gasteiger partial charge in [0, 0.05) is 29.7 Å². The van der Waals surface area contributed by atoms with E-state index in [4.69, 9.17) is 9.47 Å². The standard InChI is InChI=1S/C18H19N3O2/c1-13(15-6-4-8-17-18(15)23-12-22-17)19-9-10-21-11-14-5-2-3-7-16(14)20-21/h2-8,11,13,19H,9-10,12H2,1H3. The fourth-order valence-corrected chi connectivity index (χ4v) is 2.93. The van der Waals surface area contributed by atoms with Gasteiger partial charge in [0.15, 0.2) is 11.5 Å². The number of aromatic nitrogens is 2. The minimum absolute atomic E-state index is 0.191. The monoisotopic (exact) mass is 309 g/mol. The van der Waals surface area contributed by atoms with E-state index in [1.54, 1.807) is 0 Å². The zero-order chi connectivity index (χ0) is 15.6. The van der Waals surface area contributed by atoms with E-state index in [1.165, 1.54) is 5.39 Å². The molecular formula is C18H19N3O2. The SMILES string of the molecule is CC(NCCn1cc2ccccc2n1)c1cccc2c1OCO2. The molecule has 0 radical (unpaired) electrons. The molecule has 1 aliphatic rings. The molecule has 2 heterocycles. The van der Waals surface area contributed by atoms with Gasteiger partial charge in [0.05, 0.1) is 12.1 Å². The van der Waals surface area contributed by atoms with Gasteiger partial charge in [0.25, 0.3) is 0 Å². The van der Waals surface area contributed by atoms with Crippen molar-refractivity contribution in [2.75, 3.05) is 13.3 Å². The van der Waals surface area contributed by atoms with Gasteiger partial charge in [-0.2, -0.15) is 5.10 Å². The van der Waals surface area contributed by atoms with Crippen molar-refractivity contribution in [3.05, 3.63) is 54.2 Å². The van der Waals surface area contributed by atoms with E-state index in [0.717, 1.165) is 35.7 Å². The number of nitrogens with one attached hydrogen (secondary N) is 1. The predicted octanol–water partition coefficient (Wildman–Crippen LogP) is 3.12. The molecule has 2 aromatic carbocycles. The number of para-hydroxylation sites is 1. The van der Waals surface area contributed by atoms with Gasteiger partial charge in [0.2, 0.25) is 6.79 Å². The quantitative estimate of drug-likeness (QED) is 0.787. The van der Waals surface area contributed by atoms with Crippen molar-refractivity contribution in [1.29, 1.82) is 0 Å². The Balaban J connectivity index is 1.40. The summed E-state index contributed by atoms with van der Waals surface area (Å²) in [4.78, 5) is 0. The van der Waals surface area contributed by atoms with Crippen LogP contribution in [0.3, 0.4) is 0 Å². The number of hydrogen-bond acceptors (Lipinski definition) is 4. The topological polar surface area (TPSA) is 48.3 Å². The molecular weight excluding hydrogens is 290 g/mol. The molecule has 118 valence electrons. The first-order valence-electron chi connectivity index (χ1n) is 7.85. The van der Waals surface area contributed by atoms with Gasteiger partial charge in [0.1, 0.15) is 0 Å². The van der Waals surface area contributed by atoms with Crippen LogP contribution >= 0.6 is 0 Å². The zero-order valence-corrected chi connectivity index (χ0v) is 13.0. The van der Waals surface area contributed by atoms with Gasteiger partial charge < -0.3 is 14.8 Å². The minimum atomic E-state index is 0.191. The summed E-state index contributed by atoms with van der Waals surface area (Å²) in [6, 6.07) is 14.4. The van der Waals surface area contributed by atoms with Gasteiger partial charge in [-0.1, -0.05) is 30.3 Å². The number of benzene rings is 2. The molecule has 0 spiro atoms. The summed E-state index contributed by atoms with van der Waals surface area (Å²) in [5.74, 6) is 1.69. The molecule has 1 aromatic heterocycles. The maximum absolute atomic E-state index is 5.58. The van der Waals surface area contributed by atoms with Crippen molar-refractivity contribution in [2.24, 2.45) is 0 Å². The Labute approximate surface area is 134 Å². The highest BCUT2D eigenvalue weighted by Crippen LogP contribution is 2.38. The predicted molar refractivity (Wildman–Crippen MR) is 88.7 cm³/mol. The summed E-state index contributed by atoms with van der Waals surface area (Å²) >= 11 is 0. The number of hydrogen-bond donors (Lipinski definition) is 1. The maximum Gasteiger partial charge on any atom is 0.231 e. The van der Waals surface area contributed by atoms with Crippen molar-refractivity contribution in [3.63, 3.8) is 0 Å². The van der Waals surface area contributed by atoms with E-state index < -0.39 is 0 Å². The van der Waals surface area contributed by atoms with Crippen LogP contribution in [0.1, 0.15) is 18.5 Å². The summed E-state index contributed by atoms with van der Waals surface area (Å²) in [5, 5.41) is 9.27. The first kappa shape index (κ1) is 14.1. The fraction of sp³-hybridized carbons (Fsp3) is 0.278. The van der Waals surface area contributed by atoms with E-state index in [0.29, 0.717) is 6.79 Å². The van der Waals surface area contributed by atoms with Crippen molar-refractivity contribution in [1.82, 2.24) is 15.1 Å². The Bertz CT molecular complexity index is 795. The van der Waals surface area contributed by atoms with E-state index in [1.807, 2.05) is 35.0 Å². The molecule has 1 aliphatic heterocycles. The first-order valence-corrected chi connectivity index (χ1v) is 7.85. The fourth-order valence-electron chi connectivity index (χ4n) is 2.93. The highest BCUT2D eigenvalue weighted by atomic mass is 16.7. The molecule has 1 unspecified atom stereocenters. The second kappa shape index (κ2) is 5.93. The summed E-state index contributed by atoms with van der Waals surface area (Å²) in [6.07, 6.45) is 2.08. The van der Waals surface area contributed by atoms with Crippen LogP contribution < -0.4 is 14.8 Å². The Morgan fingerprint density at radius 1 is 1.17 bits per heavy atom. The van der Waals surface area contributed by atoms with Crippen LogP contribution in [0.5, 0.6) is 11.5 Å². The summed E-state index contributed by atoms with van der Waals surface area (Å²) in [6.45, 7) is 4.10. The van der Waals surface area contributed by atoms with E-state index >= 15 is 0 Å². The highest BCUT2D eigenvalue weighted by molar-refractivity contribution is 5.77. The number of ether oxygens (including phenoxy) is 2. The van der Waals surface area contributed by atoms with E-state index in [-0.39, 0.29) is 6.04 Å². The summed E-state index contributed by atoms with van der Waals surface area (Å²) in [5.41, 5.74) is 2.16. The molecule has 4 rings (SSSR count). The van der Waals surface area contributed by atoms with E-state index in [9.17, 15) is 0 Å². The van der Waals surface area contributed by atoms with Crippen molar-refractivity contribution >= 4 is 10.9 Å². The molecule has 3 aromatic rings. The number of fused-ring (bicyclic) bond motifs is 2. The Kier molecular flexibility index (Phi) is 3.63. The second-order valence-electron chi connectivity index (χ2n) is 5.71. The van der Waals surface area contributed by atoms with Crippen LogP contribution in [-0.4, -0.2) is 23.1 Å². The first-order chi connectivity index (χ1) is 11.3. The van der Waals surface area contributed by atoms with Crippen molar-refractivity contribution in [2.45, 2.75) is 19.5 Å². The second-order valence-corrected chi connectivity index (χ2v) is 5.71.